The highest BCUT2D eigenvalue weighted by Crippen LogP contribution is 2.25. The van der Waals surface area contributed by atoms with E-state index in [0.717, 1.165) is 0 Å². The Balaban J connectivity index is 2.79. The Kier molecular flexibility index (Phi) is 4.48. The summed E-state index contributed by atoms with van der Waals surface area (Å²) in [6.45, 7) is 3.68. The number of hydrogen-bond donors (Lipinski definition) is 4. The van der Waals surface area contributed by atoms with Crippen LogP contribution in [-0.2, 0) is 4.74 Å². The minimum atomic E-state index is -1.04. The first-order chi connectivity index (χ1) is 7.02. The van der Waals surface area contributed by atoms with Crippen molar-refractivity contribution in [3.05, 3.63) is 0 Å². The van der Waals surface area contributed by atoms with Crippen molar-refractivity contribution in [3.8, 4) is 0 Å². The standard InChI is InChI=1S/C10H21NO4/c1-5(2)10-7(11-3)9(14)8(13)6(4-12)15-10/h5-14H,4H2,1-3H3. The highest BCUT2D eigenvalue weighted by Gasteiger charge is 2.44. The Bertz CT molecular complexity index is 200. The molecule has 5 unspecified atom stereocenters. The molecule has 1 rings (SSSR count). The van der Waals surface area contributed by atoms with Crippen LogP contribution in [0.4, 0.5) is 0 Å². The summed E-state index contributed by atoms with van der Waals surface area (Å²) in [5.41, 5.74) is 0. The lowest BCUT2D eigenvalue weighted by Gasteiger charge is -2.44. The van der Waals surface area contributed by atoms with Gasteiger partial charge in [0.05, 0.1) is 18.8 Å². The van der Waals surface area contributed by atoms with Gasteiger partial charge in [0.2, 0.25) is 0 Å². The van der Waals surface area contributed by atoms with Gasteiger partial charge in [0.15, 0.2) is 0 Å². The van der Waals surface area contributed by atoms with Gasteiger partial charge in [-0.05, 0) is 13.0 Å². The largest absolute Gasteiger partial charge is 0.394 e. The van der Waals surface area contributed by atoms with E-state index in [1.807, 2.05) is 13.8 Å². The van der Waals surface area contributed by atoms with Crippen molar-refractivity contribution >= 4 is 0 Å². The van der Waals surface area contributed by atoms with Crippen molar-refractivity contribution in [3.63, 3.8) is 0 Å². The molecule has 0 spiro atoms. The van der Waals surface area contributed by atoms with E-state index in [9.17, 15) is 10.2 Å². The molecule has 4 N–H and O–H groups in total. The predicted octanol–water partition coefficient (Wildman–Crippen LogP) is -1.29. The van der Waals surface area contributed by atoms with E-state index in [1.165, 1.54) is 0 Å². The van der Waals surface area contributed by atoms with Gasteiger partial charge in [0, 0.05) is 0 Å². The number of aliphatic hydroxyl groups is 3. The maximum atomic E-state index is 9.85. The van der Waals surface area contributed by atoms with E-state index in [-0.39, 0.29) is 24.7 Å². The van der Waals surface area contributed by atoms with Crippen molar-refractivity contribution in [2.45, 2.75) is 44.3 Å². The normalized spacial score (nSPS) is 42.2. The summed E-state index contributed by atoms with van der Waals surface area (Å²) in [6, 6.07) is -0.303. The Morgan fingerprint density at radius 2 is 1.87 bits per heavy atom. The molecule has 0 amide bonds. The third-order valence-corrected chi connectivity index (χ3v) is 2.95. The number of rotatable bonds is 3. The summed E-state index contributed by atoms with van der Waals surface area (Å²) in [7, 11) is 1.72. The second-order valence-corrected chi connectivity index (χ2v) is 4.36. The zero-order chi connectivity index (χ0) is 11.6. The lowest BCUT2D eigenvalue weighted by atomic mass is 9.87. The van der Waals surface area contributed by atoms with Gasteiger partial charge in [-0.15, -0.1) is 0 Å². The molecule has 5 heteroatoms. The van der Waals surface area contributed by atoms with E-state index < -0.39 is 18.3 Å². The minimum Gasteiger partial charge on any atom is -0.394 e. The Morgan fingerprint density at radius 3 is 2.27 bits per heavy atom. The fraction of sp³-hybridized carbons (Fsp3) is 1.00. The van der Waals surface area contributed by atoms with Gasteiger partial charge in [-0.1, -0.05) is 13.8 Å². The van der Waals surface area contributed by atoms with Gasteiger partial charge in [-0.2, -0.15) is 0 Å². The monoisotopic (exact) mass is 219 g/mol. The molecule has 0 aromatic heterocycles. The highest BCUT2D eigenvalue weighted by atomic mass is 16.5. The van der Waals surface area contributed by atoms with Crippen LogP contribution in [0.1, 0.15) is 13.8 Å². The smallest absolute Gasteiger partial charge is 0.110 e. The fourth-order valence-corrected chi connectivity index (χ4v) is 2.05. The van der Waals surface area contributed by atoms with Crippen molar-refractivity contribution < 1.29 is 20.1 Å². The lowest BCUT2D eigenvalue weighted by molar-refractivity contribution is -0.203. The molecule has 5 atom stereocenters. The van der Waals surface area contributed by atoms with Crippen LogP contribution in [0.5, 0.6) is 0 Å². The average molecular weight is 219 g/mol. The average Bonchev–Trinajstić information content (AvgIpc) is 2.21. The zero-order valence-electron chi connectivity index (χ0n) is 9.42. The molecular weight excluding hydrogens is 198 g/mol. The van der Waals surface area contributed by atoms with E-state index in [1.54, 1.807) is 7.05 Å². The van der Waals surface area contributed by atoms with Crippen LogP contribution in [0.3, 0.4) is 0 Å². The van der Waals surface area contributed by atoms with Gasteiger partial charge < -0.3 is 25.4 Å². The van der Waals surface area contributed by atoms with E-state index in [4.69, 9.17) is 9.84 Å². The van der Waals surface area contributed by atoms with E-state index in [0.29, 0.717) is 0 Å². The van der Waals surface area contributed by atoms with Gasteiger partial charge in [0.1, 0.15) is 18.3 Å². The van der Waals surface area contributed by atoms with Gasteiger partial charge in [-0.3, -0.25) is 0 Å². The summed E-state index contributed by atoms with van der Waals surface area (Å²) < 4.78 is 5.56. The lowest BCUT2D eigenvalue weighted by Crippen LogP contribution is -2.63. The van der Waals surface area contributed by atoms with Crippen LogP contribution in [0.2, 0.25) is 0 Å². The predicted molar refractivity (Wildman–Crippen MR) is 55.4 cm³/mol. The van der Waals surface area contributed by atoms with E-state index in [2.05, 4.69) is 5.32 Å². The molecular formula is C10H21NO4. The van der Waals surface area contributed by atoms with Crippen LogP contribution in [0, 0.1) is 5.92 Å². The maximum Gasteiger partial charge on any atom is 0.110 e. The Hall–Kier alpha value is -0.200. The number of likely N-dealkylation sites (N-methyl/N-ethyl adjacent to an activating group) is 1. The van der Waals surface area contributed by atoms with Crippen LogP contribution < -0.4 is 5.32 Å². The van der Waals surface area contributed by atoms with Crippen molar-refractivity contribution in [2.24, 2.45) is 5.92 Å². The second-order valence-electron chi connectivity index (χ2n) is 4.36. The van der Waals surface area contributed by atoms with E-state index >= 15 is 0 Å². The van der Waals surface area contributed by atoms with Crippen LogP contribution in [0.25, 0.3) is 0 Å². The molecule has 1 heterocycles. The number of hydrogen-bond acceptors (Lipinski definition) is 5. The highest BCUT2D eigenvalue weighted by molar-refractivity contribution is 4.96. The molecule has 1 saturated heterocycles. The summed E-state index contributed by atoms with van der Waals surface area (Å²) in [5.74, 6) is 0.207. The minimum absolute atomic E-state index is 0.203. The van der Waals surface area contributed by atoms with Crippen molar-refractivity contribution in [2.75, 3.05) is 13.7 Å². The molecule has 1 fully saturated rings. The van der Waals surface area contributed by atoms with Crippen LogP contribution >= 0.6 is 0 Å². The molecule has 0 saturated carbocycles. The fourth-order valence-electron chi connectivity index (χ4n) is 2.05. The van der Waals surface area contributed by atoms with Crippen LogP contribution in [0.15, 0.2) is 0 Å². The van der Waals surface area contributed by atoms with Gasteiger partial charge >= 0.3 is 0 Å². The second kappa shape index (κ2) is 5.23. The molecule has 5 nitrogen and oxygen atoms in total. The van der Waals surface area contributed by atoms with Gasteiger partial charge in [-0.25, -0.2) is 0 Å². The number of ether oxygens (including phenoxy) is 1. The first-order valence-electron chi connectivity index (χ1n) is 5.32. The Labute approximate surface area is 90.1 Å². The molecule has 0 radical (unpaired) electrons. The summed E-state index contributed by atoms with van der Waals surface area (Å²) in [5, 5.41) is 31.5. The quantitative estimate of drug-likeness (QED) is 0.475. The summed E-state index contributed by atoms with van der Waals surface area (Å²) >= 11 is 0. The molecule has 1 aliphatic rings. The third kappa shape index (κ3) is 2.49. The molecule has 0 bridgehead atoms. The molecule has 0 aromatic rings. The molecule has 0 aromatic carbocycles. The van der Waals surface area contributed by atoms with Gasteiger partial charge in [0.25, 0.3) is 0 Å². The van der Waals surface area contributed by atoms with Crippen molar-refractivity contribution in [1.82, 2.24) is 5.32 Å². The molecule has 90 valence electrons. The molecule has 1 aliphatic heterocycles. The van der Waals surface area contributed by atoms with Crippen molar-refractivity contribution in [1.29, 1.82) is 0 Å². The SMILES string of the molecule is CNC1C(O)C(O)C(CO)OC1C(C)C. The summed E-state index contributed by atoms with van der Waals surface area (Å²) in [6.07, 6.45) is -2.85. The molecule has 0 aliphatic carbocycles. The zero-order valence-corrected chi connectivity index (χ0v) is 9.42. The third-order valence-electron chi connectivity index (χ3n) is 2.95. The number of nitrogens with one attached hydrogen (secondary N) is 1. The topological polar surface area (TPSA) is 82.0 Å². The Morgan fingerprint density at radius 1 is 1.27 bits per heavy atom. The first kappa shape index (κ1) is 12.9. The first-order valence-corrected chi connectivity index (χ1v) is 5.32. The van der Waals surface area contributed by atoms with Crippen LogP contribution in [-0.4, -0.2) is 59.4 Å². The molecule has 15 heavy (non-hydrogen) atoms. The number of aliphatic hydroxyl groups excluding tert-OH is 3. The summed E-state index contributed by atoms with van der Waals surface area (Å²) in [4.78, 5) is 0. The maximum absolute atomic E-state index is 9.85.